The second kappa shape index (κ2) is 7.48. The Morgan fingerprint density at radius 1 is 0.471 bits per heavy atom. The molecule has 0 saturated heterocycles. The van der Waals surface area contributed by atoms with E-state index in [1.54, 1.807) is 0 Å². The van der Waals surface area contributed by atoms with Gasteiger partial charge in [-0.1, -0.05) is 103 Å². The van der Waals surface area contributed by atoms with Gasteiger partial charge in [-0.15, -0.1) is 0 Å². The van der Waals surface area contributed by atoms with Gasteiger partial charge in [0.1, 0.15) is 11.2 Å². The van der Waals surface area contributed by atoms with Crippen LogP contribution in [0.3, 0.4) is 0 Å². The van der Waals surface area contributed by atoms with Crippen molar-refractivity contribution in [3.05, 3.63) is 120 Å². The molecule has 7 aromatic rings. The van der Waals surface area contributed by atoms with E-state index in [9.17, 15) is 0 Å². The zero-order valence-electron chi connectivity index (χ0n) is 18.3. The van der Waals surface area contributed by atoms with E-state index in [-0.39, 0.29) is 0 Å². The molecular weight excluding hydrogens is 436 g/mol. The zero-order valence-corrected chi connectivity index (χ0v) is 19.0. The molecule has 0 N–H and O–H groups in total. The summed E-state index contributed by atoms with van der Waals surface area (Å²) in [5.41, 5.74) is 6.18. The second-order valence-corrected chi connectivity index (χ2v) is 9.04. The van der Waals surface area contributed by atoms with Crippen molar-refractivity contribution in [3.63, 3.8) is 0 Å². The average molecular weight is 455 g/mol. The summed E-state index contributed by atoms with van der Waals surface area (Å²) >= 11 is 6.99. The Labute approximate surface area is 201 Å². The van der Waals surface area contributed by atoms with Gasteiger partial charge >= 0.3 is 0 Å². The van der Waals surface area contributed by atoms with Crippen molar-refractivity contribution in [1.82, 2.24) is 0 Å². The van der Waals surface area contributed by atoms with Crippen LogP contribution in [0, 0.1) is 0 Å². The van der Waals surface area contributed by atoms with Gasteiger partial charge < -0.3 is 4.42 Å². The van der Waals surface area contributed by atoms with E-state index in [2.05, 4.69) is 84.9 Å². The molecule has 6 aromatic carbocycles. The van der Waals surface area contributed by atoms with Gasteiger partial charge in [0.25, 0.3) is 0 Å². The maximum atomic E-state index is 6.99. The minimum atomic E-state index is 0.739. The zero-order chi connectivity index (χ0) is 22.6. The molecule has 0 saturated carbocycles. The van der Waals surface area contributed by atoms with Crippen LogP contribution in [0.2, 0.25) is 5.02 Å². The van der Waals surface area contributed by atoms with E-state index in [0.717, 1.165) is 49.2 Å². The highest BCUT2D eigenvalue weighted by atomic mass is 35.5. The summed E-state index contributed by atoms with van der Waals surface area (Å²) < 4.78 is 6.19. The summed E-state index contributed by atoms with van der Waals surface area (Å²) in [7, 11) is 0. The summed E-state index contributed by atoms with van der Waals surface area (Å²) in [5.74, 6) is 0. The highest BCUT2D eigenvalue weighted by molar-refractivity contribution is 6.35. The molecule has 0 amide bonds. The van der Waals surface area contributed by atoms with Crippen LogP contribution in [0.4, 0.5) is 0 Å². The first-order valence-corrected chi connectivity index (χ1v) is 11.8. The van der Waals surface area contributed by atoms with Crippen molar-refractivity contribution < 1.29 is 4.42 Å². The summed E-state index contributed by atoms with van der Waals surface area (Å²) in [6, 6.07) is 40.1. The monoisotopic (exact) mass is 454 g/mol. The predicted octanol–water partition coefficient (Wildman–Crippen LogP) is 9.88. The van der Waals surface area contributed by atoms with Crippen LogP contribution < -0.4 is 0 Å². The topological polar surface area (TPSA) is 13.1 Å². The molecule has 0 spiro atoms. The van der Waals surface area contributed by atoms with Gasteiger partial charge in [0, 0.05) is 21.4 Å². The first-order valence-electron chi connectivity index (χ1n) is 11.4. The van der Waals surface area contributed by atoms with Crippen LogP contribution >= 0.6 is 11.6 Å². The normalized spacial score (nSPS) is 11.7. The van der Waals surface area contributed by atoms with E-state index in [4.69, 9.17) is 16.0 Å². The van der Waals surface area contributed by atoms with Crippen LogP contribution in [0.25, 0.3) is 65.7 Å². The molecule has 1 aromatic heterocycles. The third-order valence-electron chi connectivity index (χ3n) is 6.74. The molecule has 0 aliphatic carbocycles. The summed E-state index contributed by atoms with van der Waals surface area (Å²) in [6.07, 6.45) is 0. The van der Waals surface area contributed by atoms with Crippen molar-refractivity contribution in [2.45, 2.75) is 0 Å². The van der Waals surface area contributed by atoms with E-state index in [1.807, 2.05) is 30.3 Å². The van der Waals surface area contributed by atoms with Gasteiger partial charge in [0.05, 0.1) is 0 Å². The molecule has 2 heteroatoms. The molecule has 7 rings (SSSR count). The number of para-hydroxylation sites is 1. The lowest BCUT2D eigenvalue weighted by Gasteiger charge is -2.17. The van der Waals surface area contributed by atoms with Crippen molar-refractivity contribution in [3.8, 4) is 22.3 Å². The number of hydrogen-bond donors (Lipinski definition) is 0. The first kappa shape index (κ1) is 19.4. The lowest BCUT2D eigenvalue weighted by Crippen LogP contribution is -1.90. The van der Waals surface area contributed by atoms with Crippen LogP contribution in [0.15, 0.2) is 120 Å². The molecule has 160 valence electrons. The number of rotatable bonds is 2. The lowest BCUT2D eigenvalue weighted by molar-refractivity contribution is 0.669. The molecule has 0 bridgehead atoms. The number of hydrogen-bond acceptors (Lipinski definition) is 1. The Balaban J connectivity index is 1.63. The molecule has 0 radical (unpaired) electrons. The molecule has 1 nitrogen and oxygen atoms in total. The summed E-state index contributed by atoms with van der Waals surface area (Å²) in [5, 5.41) is 7.84. The smallest absolute Gasteiger partial charge is 0.136 e. The molecule has 34 heavy (non-hydrogen) atoms. The number of furan rings is 1. The van der Waals surface area contributed by atoms with Crippen LogP contribution in [-0.4, -0.2) is 0 Å². The fourth-order valence-electron chi connectivity index (χ4n) is 5.28. The minimum absolute atomic E-state index is 0.739. The fourth-order valence-corrected chi connectivity index (χ4v) is 5.56. The molecule has 0 aliphatic heterocycles. The highest BCUT2D eigenvalue weighted by Gasteiger charge is 2.19. The van der Waals surface area contributed by atoms with Crippen molar-refractivity contribution >= 4 is 55.1 Å². The minimum Gasteiger partial charge on any atom is -0.456 e. The number of benzene rings is 6. The third kappa shape index (κ3) is 2.81. The number of fused-ring (bicyclic) bond motifs is 6. The second-order valence-electron chi connectivity index (χ2n) is 8.63. The van der Waals surface area contributed by atoms with Gasteiger partial charge in [0.15, 0.2) is 0 Å². The van der Waals surface area contributed by atoms with Crippen LogP contribution in [0.5, 0.6) is 0 Å². The number of halogens is 1. The van der Waals surface area contributed by atoms with Crippen LogP contribution in [-0.2, 0) is 0 Å². The molecule has 0 atom stereocenters. The van der Waals surface area contributed by atoms with E-state index >= 15 is 0 Å². The third-order valence-corrected chi connectivity index (χ3v) is 7.06. The largest absolute Gasteiger partial charge is 0.456 e. The highest BCUT2D eigenvalue weighted by Crippen LogP contribution is 2.45. The van der Waals surface area contributed by atoms with Gasteiger partial charge in [-0.05, 0) is 62.5 Å². The Morgan fingerprint density at radius 3 is 2.00 bits per heavy atom. The van der Waals surface area contributed by atoms with Crippen molar-refractivity contribution in [2.24, 2.45) is 0 Å². The van der Waals surface area contributed by atoms with Gasteiger partial charge in [0.2, 0.25) is 0 Å². The van der Waals surface area contributed by atoms with Gasteiger partial charge in [-0.3, -0.25) is 0 Å². The Bertz CT molecular complexity index is 1880. The predicted molar refractivity (Wildman–Crippen MR) is 145 cm³/mol. The van der Waals surface area contributed by atoms with E-state index < -0.39 is 0 Å². The summed E-state index contributed by atoms with van der Waals surface area (Å²) in [4.78, 5) is 0. The molecule has 0 aliphatic rings. The Morgan fingerprint density at radius 2 is 1.12 bits per heavy atom. The standard InChI is InChI=1S/C32H19ClO/c33-28-16-7-14-24(25-15-8-18-30-32(25)26-13-5-6-17-29(26)34-30)31(28)27-19-20-9-1-2-10-21(20)22-11-3-4-12-23(22)27/h1-19H. The SMILES string of the molecule is Clc1cccc(-c2cccc3oc4ccccc4c23)c1-c1cc2ccccc2c2ccccc12. The quantitative estimate of drug-likeness (QED) is 0.237. The van der Waals surface area contributed by atoms with Crippen LogP contribution in [0.1, 0.15) is 0 Å². The summed E-state index contributed by atoms with van der Waals surface area (Å²) in [6.45, 7) is 0. The average Bonchev–Trinajstić information content (AvgIpc) is 3.27. The first-order chi connectivity index (χ1) is 16.8. The maximum absolute atomic E-state index is 6.99. The van der Waals surface area contributed by atoms with E-state index in [1.165, 1.54) is 21.5 Å². The Kier molecular flexibility index (Phi) is 4.27. The van der Waals surface area contributed by atoms with Gasteiger partial charge in [-0.25, -0.2) is 0 Å². The Hall–Kier alpha value is -4.07. The molecule has 0 unspecified atom stereocenters. The molecule has 1 heterocycles. The fraction of sp³-hybridized carbons (Fsp3) is 0. The van der Waals surface area contributed by atoms with Crippen molar-refractivity contribution in [1.29, 1.82) is 0 Å². The molecule has 0 fully saturated rings. The lowest BCUT2D eigenvalue weighted by atomic mass is 9.88. The molecular formula is C32H19ClO. The van der Waals surface area contributed by atoms with Crippen molar-refractivity contribution in [2.75, 3.05) is 0 Å². The maximum Gasteiger partial charge on any atom is 0.136 e. The van der Waals surface area contributed by atoms with E-state index in [0.29, 0.717) is 0 Å². The van der Waals surface area contributed by atoms with Gasteiger partial charge in [-0.2, -0.15) is 0 Å².